The van der Waals surface area contributed by atoms with E-state index < -0.39 is 29.3 Å². The molecule has 12 heteroatoms. The molecule has 1 aliphatic heterocycles. The van der Waals surface area contributed by atoms with E-state index in [2.05, 4.69) is 25.8 Å². The molecule has 1 aliphatic rings. The van der Waals surface area contributed by atoms with E-state index in [4.69, 9.17) is 4.42 Å². The van der Waals surface area contributed by atoms with Crippen molar-refractivity contribution in [1.29, 1.82) is 0 Å². The van der Waals surface area contributed by atoms with Gasteiger partial charge in [-0.3, -0.25) is 0 Å². The first-order valence-electron chi connectivity index (χ1n) is 10.9. The molecule has 36 heavy (non-hydrogen) atoms. The second kappa shape index (κ2) is 10.3. The minimum atomic E-state index is -4.66. The normalized spacial score (nSPS) is 13.0. The van der Waals surface area contributed by atoms with Gasteiger partial charge in [0.05, 0.1) is 16.5 Å². The molecule has 3 N–H and O–H groups in total. The maximum Gasteiger partial charge on any atom is 0.416 e. The van der Waals surface area contributed by atoms with Gasteiger partial charge < -0.3 is 30.2 Å². The second-order valence-corrected chi connectivity index (χ2v) is 8.32. The quantitative estimate of drug-likeness (QED) is 0.425. The van der Waals surface area contributed by atoms with Gasteiger partial charge in [-0.25, -0.2) is 14.2 Å². The number of nitrogens with one attached hydrogen (secondary N) is 3. The van der Waals surface area contributed by atoms with Gasteiger partial charge in [0, 0.05) is 36.7 Å². The Bertz CT molecular complexity index is 1350. The van der Waals surface area contributed by atoms with Crippen LogP contribution in [-0.2, 0) is 6.18 Å². The Labute approximate surface area is 203 Å². The minimum Gasteiger partial charge on any atom is -0.423 e. The molecule has 0 aliphatic carbocycles. The maximum atomic E-state index is 13.9. The molecule has 0 radical (unpaired) electrons. The van der Waals surface area contributed by atoms with Crippen LogP contribution in [0.5, 0.6) is 0 Å². The van der Waals surface area contributed by atoms with Gasteiger partial charge in [-0.15, -0.1) is 0 Å². The Balaban J connectivity index is 1.39. The lowest BCUT2D eigenvalue weighted by Crippen LogP contribution is -2.33. The number of amides is 2. The van der Waals surface area contributed by atoms with Crippen molar-refractivity contribution in [1.82, 2.24) is 4.90 Å². The van der Waals surface area contributed by atoms with Gasteiger partial charge in [0.2, 0.25) is 5.55 Å². The highest BCUT2D eigenvalue weighted by Crippen LogP contribution is 2.32. The highest BCUT2D eigenvalue weighted by Gasteiger charge is 2.31. The summed E-state index contributed by atoms with van der Waals surface area (Å²) in [6.45, 7) is 1.91. The Kier molecular flexibility index (Phi) is 7.15. The number of likely N-dealkylation sites (N-methyl/N-ethyl adjacent to an activating group) is 1. The van der Waals surface area contributed by atoms with Crippen molar-refractivity contribution in [3.8, 4) is 0 Å². The Morgan fingerprint density at radius 1 is 1.11 bits per heavy atom. The molecular weight excluding hydrogens is 480 g/mol. The van der Waals surface area contributed by atoms with E-state index >= 15 is 0 Å². The van der Waals surface area contributed by atoms with Gasteiger partial charge in [0.25, 0.3) is 0 Å². The van der Waals surface area contributed by atoms with Gasteiger partial charge in [-0.05, 0) is 56.6 Å². The Morgan fingerprint density at radius 2 is 1.86 bits per heavy atom. The zero-order valence-corrected chi connectivity index (χ0v) is 19.5. The van der Waals surface area contributed by atoms with Crippen LogP contribution >= 0.6 is 0 Å². The predicted octanol–water partition coefficient (Wildman–Crippen LogP) is 3.89. The lowest BCUT2D eigenvalue weighted by Gasteiger charge is -2.19. The number of rotatable bonds is 7. The van der Waals surface area contributed by atoms with E-state index in [1.165, 1.54) is 0 Å². The van der Waals surface area contributed by atoms with Crippen LogP contribution in [0, 0.1) is 5.82 Å². The zero-order valence-electron chi connectivity index (χ0n) is 19.5. The van der Waals surface area contributed by atoms with Crippen molar-refractivity contribution in [3.63, 3.8) is 0 Å². The number of hydrogen-bond acceptors (Lipinski definition) is 6. The van der Waals surface area contributed by atoms with Crippen LogP contribution in [0.4, 0.5) is 45.3 Å². The monoisotopic (exact) mass is 504 g/mol. The summed E-state index contributed by atoms with van der Waals surface area (Å²) in [5.74, 6) is -0.348. The fourth-order valence-corrected chi connectivity index (χ4v) is 3.42. The fourth-order valence-electron chi connectivity index (χ4n) is 3.42. The summed E-state index contributed by atoms with van der Waals surface area (Å²) in [6, 6.07) is 9.51. The SMILES string of the molecule is CN(C)CCNc1cc2c(o1)=NCN(c1ccc(NC(=O)Nc3cc(C(F)(F)F)ccc3F)cc1)C=2. The standard InChI is InChI=1S/C24H24F4N6O2/c1-33(2)10-9-29-21-11-15-13-34(14-30-22(15)36-21)18-6-4-17(5-7-18)31-23(35)32-20-12-16(24(26,27)28)3-8-19(20)25/h3-8,11-13,29H,9-10,14H2,1-2H3,(H2,31,32,35). The van der Waals surface area contributed by atoms with E-state index in [0.29, 0.717) is 42.0 Å². The van der Waals surface area contributed by atoms with Crippen molar-refractivity contribution >= 4 is 35.2 Å². The molecule has 2 aromatic carbocycles. The average molecular weight is 504 g/mol. The van der Waals surface area contributed by atoms with Gasteiger partial charge >= 0.3 is 12.2 Å². The predicted molar refractivity (Wildman–Crippen MR) is 129 cm³/mol. The van der Waals surface area contributed by atoms with Crippen LogP contribution in [0.25, 0.3) is 6.20 Å². The molecule has 0 saturated heterocycles. The van der Waals surface area contributed by atoms with E-state index in [0.717, 1.165) is 24.0 Å². The summed E-state index contributed by atoms with van der Waals surface area (Å²) >= 11 is 0. The molecule has 2 amide bonds. The number of carbonyl (C=O) groups excluding carboxylic acids is 1. The number of carbonyl (C=O) groups is 1. The number of nitrogens with zero attached hydrogens (tertiary/aromatic N) is 3. The van der Waals surface area contributed by atoms with Crippen molar-refractivity contribution in [2.24, 2.45) is 4.99 Å². The molecule has 3 aromatic rings. The van der Waals surface area contributed by atoms with Crippen LogP contribution in [0.15, 0.2) is 57.9 Å². The molecule has 0 unspecified atom stereocenters. The molecule has 4 rings (SSSR count). The lowest BCUT2D eigenvalue weighted by molar-refractivity contribution is -0.137. The van der Waals surface area contributed by atoms with Crippen LogP contribution in [0.3, 0.4) is 0 Å². The van der Waals surface area contributed by atoms with Gasteiger partial charge in [-0.1, -0.05) is 0 Å². The van der Waals surface area contributed by atoms with Crippen molar-refractivity contribution in [3.05, 3.63) is 70.7 Å². The molecule has 0 fully saturated rings. The molecule has 0 bridgehead atoms. The number of fused-ring (bicyclic) bond motifs is 1. The highest BCUT2D eigenvalue weighted by atomic mass is 19.4. The number of hydrogen-bond donors (Lipinski definition) is 3. The summed E-state index contributed by atoms with van der Waals surface area (Å²) in [5.41, 5.74) is 0.0610. The van der Waals surface area contributed by atoms with E-state index in [1.54, 1.807) is 24.3 Å². The molecule has 0 atom stereocenters. The molecule has 190 valence electrons. The summed E-state index contributed by atoms with van der Waals surface area (Å²) in [5, 5.41) is 8.61. The number of anilines is 4. The summed E-state index contributed by atoms with van der Waals surface area (Å²) in [4.78, 5) is 20.6. The van der Waals surface area contributed by atoms with Gasteiger partial charge in [0.15, 0.2) is 5.88 Å². The van der Waals surface area contributed by atoms with Crippen LogP contribution < -0.4 is 31.6 Å². The third kappa shape index (κ3) is 6.13. The van der Waals surface area contributed by atoms with Gasteiger partial charge in [0.1, 0.15) is 12.5 Å². The maximum absolute atomic E-state index is 13.9. The minimum absolute atomic E-state index is 0.333. The first-order valence-corrected chi connectivity index (χ1v) is 10.9. The number of urea groups is 1. The highest BCUT2D eigenvalue weighted by molar-refractivity contribution is 6.00. The summed E-state index contributed by atoms with van der Waals surface area (Å²) < 4.78 is 58.2. The third-order valence-corrected chi connectivity index (χ3v) is 5.26. The lowest BCUT2D eigenvalue weighted by atomic mass is 10.2. The number of halogens is 4. The first kappa shape index (κ1) is 25.0. The van der Waals surface area contributed by atoms with Crippen LogP contribution in [-0.4, -0.2) is 44.8 Å². The van der Waals surface area contributed by atoms with Crippen molar-refractivity contribution in [2.45, 2.75) is 6.18 Å². The van der Waals surface area contributed by atoms with E-state index in [1.807, 2.05) is 31.3 Å². The largest absolute Gasteiger partial charge is 0.423 e. The molecule has 0 spiro atoms. The molecular formula is C24H24F4N6O2. The zero-order chi connectivity index (χ0) is 25.9. The van der Waals surface area contributed by atoms with Crippen molar-refractivity contribution < 1.29 is 26.8 Å². The van der Waals surface area contributed by atoms with Crippen LogP contribution in [0.2, 0.25) is 0 Å². The average Bonchev–Trinajstić information content (AvgIpc) is 3.22. The summed E-state index contributed by atoms with van der Waals surface area (Å²) in [7, 11) is 3.97. The van der Waals surface area contributed by atoms with E-state index in [-0.39, 0.29) is 0 Å². The second-order valence-electron chi connectivity index (χ2n) is 8.32. The first-order chi connectivity index (χ1) is 17.1. The smallest absolute Gasteiger partial charge is 0.416 e. The molecule has 1 aromatic heterocycles. The number of benzene rings is 2. The molecule has 0 saturated carbocycles. The van der Waals surface area contributed by atoms with E-state index in [9.17, 15) is 22.4 Å². The topological polar surface area (TPSA) is 85.1 Å². The summed E-state index contributed by atoms with van der Waals surface area (Å²) in [6.07, 6.45) is -2.76. The Hall–Kier alpha value is -4.06. The number of furan rings is 1. The van der Waals surface area contributed by atoms with Crippen molar-refractivity contribution in [2.75, 3.05) is 54.7 Å². The fraction of sp³-hybridized carbons (Fsp3) is 0.250. The third-order valence-electron chi connectivity index (χ3n) is 5.26. The molecule has 8 nitrogen and oxygen atoms in total. The Morgan fingerprint density at radius 3 is 2.56 bits per heavy atom. The van der Waals surface area contributed by atoms with Gasteiger partial charge in [-0.2, -0.15) is 13.2 Å². The van der Waals surface area contributed by atoms with Crippen LogP contribution in [0.1, 0.15) is 5.56 Å². The molecule has 2 heterocycles. The number of alkyl halides is 3.